The van der Waals surface area contributed by atoms with E-state index in [-0.39, 0.29) is 11.9 Å². The summed E-state index contributed by atoms with van der Waals surface area (Å²) in [6.45, 7) is 2.00. The Labute approximate surface area is 98.9 Å². The van der Waals surface area contributed by atoms with E-state index in [1.807, 2.05) is 11.5 Å². The molecule has 0 saturated carbocycles. The van der Waals surface area contributed by atoms with E-state index in [4.69, 9.17) is 0 Å². The maximum absolute atomic E-state index is 12.8. The third-order valence-corrected chi connectivity index (χ3v) is 2.74. The SMILES string of the molecule is C[C@H](Cc1ccc(F)cc1)n1cncc1C=O. The molecule has 1 heterocycles. The summed E-state index contributed by atoms with van der Waals surface area (Å²) in [4.78, 5) is 14.7. The van der Waals surface area contributed by atoms with Crippen molar-refractivity contribution in [3.05, 3.63) is 53.9 Å². The van der Waals surface area contributed by atoms with Crippen LogP contribution in [0.4, 0.5) is 4.39 Å². The minimum atomic E-state index is -0.238. The molecule has 2 aromatic rings. The van der Waals surface area contributed by atoms with Crippen molar-refractivity contribution in [1.29, 1.82) is 0 Å². The molecule has 4 heteroatoms. The minimum absolute atomic E-state index is 0.114. The highest BCUT2D eigenvalue weighted by Gasteiger charge is 2.09. The lowest BCUT2D eigenvalue weighted by Gasteiger charge is -2.14. The zero-order valence-corrected chi connectivity index (χ0v) is 9.51. The molecule has 1 aromatic heterocycles. The molecule has 3 nitrogen and oxygen atoms in total. The standard InChI is InChI=1S/C13H13FN2O/c1-10(16-9-15-7-13(16)8-17)6-11-2-4-12(14)5-3-11/h2-5,7-10H,6H2,1H3/t10-/m1/s1. The van der Waals surface area contributed by atoms with E-state index in [2.05, 4.69) is 4.98 Å². The van der Waals surface area contributed by atoms with Crippen molar-refractivity contribution in [2.75, 3.05) is 0 Å². The first-order valence-corrected chi connectivity index (χ1v) is 5.42. The van der Waals surface area contributed by atoms with E-state index in [1.165, 1.54) is 18.3 Å². The molecule has 0 N–H and O–H groups in total. The Hall–Kier alpha value is -1.97. The van der Waals surface area contributed by atoms with Gasteiger partial charge in [-0.25, -0.2) is 9.37 Å². The average Bonchev–Trinajstić information content (AvgIpc) is 2.80. The molecule has 1 atom stereocenters. The lowest BCUT2D eigenvalue weighted by atomic mass is 10.1. The maximum atomic E-state index is 12.8. The summed E-state index contributed by atoms with van der Waals surface area (Å²) < 4.78 is 14.6. The van der Waals surface area contributed by atoms with Crippen LogP contribution in [0.15, 0.2) is 36.8 Å². The summed E-state index contributed by atoms with van der Waals surface area (Å²) >= 11 is 0. The second kappa shape index (κ2) is 4.91. The van der Waals surface area contributed by atoms with Crippen LogP contribution >= 0.6 is 0 Å². The van der Waals surface area contributed by atoms with Gasteiger partial charge in [-0.05, 0) is 31.0 Å². The van der Waals surface area contributed by atoms with Gasteiger partial charge in [0.25, 0.3) is 0 Å². The van der Waals surface area contributed by atoms with Gasteiger partial charge >= 0.3 is 0 Å². The molecular formula is C13H13FN2O. The molecule has 0 unspecified atom stereocenters. The topological polar surface area (TPSA) is 34.9 Å². The van der Waals surface area contributed by atoms with Crippen molar-refractivity contribution >= 4 is 6.29 Å². The highest BCUT2D eigenvalue weighted by Crippen LogP contribution is 2.15. The number of aldehydes is 1. The molecule has 1 aromatic carbocycles. The fourth-order valence-corrected chi connectivity index (χ4v) is 1.83. The highest BCUT2D eigenvalue weighted by molar-refractivity contribution is 5.71. The first kappa shape index (κ1) is 11.5. The number of aromatic nitrogens is 2. The van der Waals surface area contributed by atoms with E-state index < -0.39 is 0 Å². The van der Waals surface area contributed by atoms with Gasteiger partial charge in [0.15, 0.2) is 6.29 Å². The number of benzene rings is 1. The lowest BCUT2D eigenvalue weighted by molar-refractivity contribution is 0.111. The smallest absolute Gasteiger partial charge is 0.168 e. The van der Waals surface area contributed by atoms with Crippen LogP contribution in [0.25, 0.3) is 0 Å². The fraction of sp³-hybridized carbons (Fsp3) is 0.231. The van der Waals surface area contributed by atoms with Crippen molar-refractivity contribution in [3.8, 4) is 0 Å². The van der Waals surface area contributed by atoms with Gasteiger partial charge in [0.1, 0.15) is 11.5 Å². The van der Waals surface area contributed by atoms with Crippen LogP contribution in [-0.2, 0) is 6.42 Å². The Morgan fingerprint density at radius 2 is 2.12 bits per heavy atom. The second-order valence-electron chi connectivity index (χ2n) is 4.02. The molecule has 17 heavy (non-hydrogen) atoms. The molecule has 0 aliphatic heterocycles. The van der Waals surface area contributed by atoms with Crippen LogP contribution in [0.3, 0.4) is 0 Å². The van der Waals surface area contributed by atoms with Crippen molar-refractivity contribution < 1.29 is 9.18 Å². The fourth-order valence-electron chi connectivity index (χ4n) is 1.83. The first-order valence-electron chi connectivity index (χ1n) is 5.42. The predicted molar refractivity (Wildman–Crippen MR) is 62.4 cm³/mol. The number of hydrogen-bond donors (Lipinski definition) is 0. The molecule has 0 amide bonds. The largest absolute Gasteiger partial charge is 0.325 e. The van der Waals surface area contributed by atoms with Gasteiger partial charge in [0, 0.05) is 6.04 Å². The van der Waals surface area contributed by atoms with E-state index >= 15 is 0 Å². The third-order valence-electron chi connectivity index (χ3n) is 2.74. The van der Waals surface area contributed by atoms with Crippen LogP contribution in [0, 0.1) is 5.82 Å². The van der Waals surface area contributed by atoms with Gasteiger partial charge in [-0.2, -0.15) is 0 Å². The molecule has 0 spiro atoms. The molecule has 0 radical (unpaired) electrons. The van der Waals surface area contributed by atoms with Gasteiger partial charge < -0.3 is 4.57 Å². The van der Waals surface area contributed by atoms with E-state index in [9.17, 15) is 9.18 Å². The number of hydrogen-bond acceptors (Lipinski definition) is 2. The lowest BCUT2D eigenvalue weighted by Crippen LogP contribution is -2.10. The third kappa shape index (κ3) is 2.58. The molecule has 0 fully saturated rings. The van der Waals surface area contributed by atoms with Crippen LogP contribution in [0.1, 0.15) is 29.0 Å². The average molecular weight is 232 g/mol. The summed E-state index contributed by atoms with van der Waals surface area (Å²) in [7, 11) is 0. The zero-order chi connectivity index (χ0) is 12.3. The summed E-state index contributed by atoms with van der Waals surface area (Å²) in [6, 6.07) is 6.50. The second-order valence-corrected chi connectivity index (χ2v) is 4.02. The number of carbonyl (C=O) groups is 1. The minimum Gasteiger partial charge on any atom is -0.325 e. The predicted octanol–water partition coefficient (Wildman–Crippen LogP) is 2.64. The van der Waals surface area contributed by atoms with Crippen molar-refractivity contribution in [3.63, 3.8) is 0 Å². The number of halogens is 1. The summed E-state index contributed by atoms with van der Waals surface area (Å²) in [6.07, 6.45) is 4.69. The highest BCUT2D eigenvalue weighted by atomic mass is 19.1. The van der Waals surface area contributed by atoms with E-state index in [0.717, 1.165) is 18.3 Å². The van der Waals surface area contributed by atoms with Gasteiger partial charge in [0.2, 0.25) is 0 Å². The van der Waals surface area contributed by atoms with Crippen LogP contribution in [-0.4, -0.2) is 15.8 Å². The molecule has 0 aliphatic carbocycles. The Morgan fingerprint density at radius 3 is 2.76 bits per heavy atom. The van der Waals surface area contributed by atoms with Crippen LogP contribution < -0.4 is 0 Å². The van der Waals surface area contributed by atoms with Crippen LogP contribution in [0.5, 0.6) is 0 Å². The molecule has 0 aliphatic rings. The van der Waals surface area contributed by atoms with Gasteiger partial charge in [0.05, 0.1) is 12.5 Å². The van der Waals surface area contributed by atoms with Crippen molar-refractivity contribution in [1.82, 2.24) is 9.55 Å². The number of nitrogens with zero attached hydrogens (tertiary/aromatic N) is 2. The number of imidazole rings is 1. The quantitative estimate of drug-likeness (QED) is 0.759. The number of carbonyl (C=O) groups excluding carboxylic acids is 1. The normalized spacial score (nSPS) is 12.4. The van der Waals surface area contributed by atoms with E-state index in [0.29, 0.717) is 5.69 Å². The van der Waals surface area contributed by atoms with E-state index in [1.54, 1.807) is 18.5 Å². The Bertz CT molecular complexity index is 504. The van der Waals surface area contributed by atoms with Crippen molar-refractivity contribution in [2.24, 2.45) is 0 Å². The molecule has 2 rings (SSSR count). The summed E-state index contributed by atoms with van der Waals surface area (Å²) in [5.74, 6) is -0.238. The first-order chi connectivity index (χ1) is 8.20. The Balaban J connectivity index is 2.14. The molecule has 88 valence electrons. The monoisotopic (exact) mass is 232 g/mol. The van der Waals surface area contributed by atoms with Crippen LogP contribution in [0.2, 0.25) is 0 Å². The van der Waals surface area contributed by atoms with Gasteiger partial charge in [-0.3, -0.25) is 4.79 Å². The van der Waals surface area contributed by atoms with Crippen molar-refractivity contribution in [2.45, 2.75) is 19.4 Å². The molecule has 0 saturated heterocycles. The molecular weight excluding hydrogens is 219 g/mol. The van der Waals surface area contributed by atoms with Gasteiger partial charge in [-0.15, -0.1) is 0 Å². The van der Waals surface area contributed by atoms with Gasteiger partial charge in [-0.1, -0.05) is 12.1 Å². The Kier molecular flexibility index (Phi) is 3.32. The maximum Gasteiger partial charge on any atom is 0.168 e. The zero-order valence-electron chi connectivity index (χ0n) is 9.51. The summed E-state index contributed by atoms with van der Waals surface area (Å²) in [5.41, 5.74) is 1.59. The molecule has 0 bridgehead atoms. The number of rotatable bonds is 4. The summed E-state index contributed by atoms with van der Waals surface area (Å²) in [5, 5.41) is 0. The Morgan fingerprint density at radius 1 is 1.41 bits per heavy atom.